The van der Waals surface area contributed by atoms with Crippen LogP contribution in [0.3, 0.4) is 0 Å². The summed E-state index contributed by atoms with van der Waals surface area (Å²) >= 11 is 0. The Morgan fingerprint density at radius 2 is 0.613 bits per heavy atom. The number of nitrogens with zero attached hydrogens (tertiary/aromatic N) is 2. The van der Waals surface area contributed by atoms with Gasteiger partial charge in [-0.05, 0) is 110 Å². The lowest BCUT2D eigenvalue weighted by Crippen LogP contribution is -1.95. The van der Waals surface area contributed by atoms with Crippen LogP contribution in [-0.4, -0.2) is 9.97 Å². The number of rotatable bonds is 4. The lowest BCUT2D eigenvalue weighted by molar-refractivity contribution is 1.37. The van der Waals surface area contributed by atoms with E-state index in [0.717, 1.165) is 33.1 Å². The van der Waals surface area contributed by atoms with E-state index in [1.807, 2.05) is 12.3 Å². The molecule has 0 fully saturated rings. The van der Waals surface area contributed by atoms with Gasteiger partial charge in [0, 0.05) is 22.5 Å². The summed E-state index contributed by atoms with van der Waals surface area (Å²) in [5.41, 5.74) is 11.4. The lowest BCUT2D eigenvalue weighted by Gasteiger charge is -2.23. The zero-order valence-electron chi connectivity index (χ0n) is 33.7. The summed E-state index contributed by atoms with van der Waals surface area (Å²) in [6.07, 6.45) is 1.85. The first-order valence-corrected chi connectivity index (χ1v) is 21.3. The molecule has 0 atom stereocenters. The number of benzene rings is 11. The molecule has 0 spiro atoms. The largest absolute Gasteiger partial charge is 0.254 e. The van der Waals surface area contributed by atoms with Crippen molar-refractivity contribution in [2.24, 2.45) is 0 Å². The molecule has 0 N–H and O–H groups in total. The van der Waals surface area contributed by atoms with Gasteiger partial charge in [-0.15, -0.1) is 0 Å². The van der Waals surface area contributed by atoms with Crippen molar-refractivity contribution in [1.29, 1.82) is 0 Å². The molecular formula is C60H36N2. The molecule has 2 aromatic heterocycles. The summed E-state index contributed by atoms with van der Waals surface area (Å²) in [6, 6.07) is 77.7. The van der Waals surface area contributed by atoms with Gasteiger partial charge in [0.15, 0.2) is 0 Å². The van der Waals surface area contributed by atoms with Crippen LogP contribution in [0, 0.1) is 0 Å². The Balaban J connectivity index is 1.10. The molecule has 0 amide bonds. The smallest absolute Gasteiger partial charge is 0.0972 e. The van der Waals surface area contributed by atoms with E-state index >= 15 is 0 Å². The minimum absolute atomic E-state index is 0.923. The second kappa shape index (κ2) is 13.7. The molecule has 0 aliphatic carbocycles. The molecule has 0 saturated heterocycles. The molecule has 0 saturated carbocycles. The van der Waals surface area contributed by atoms with Gasteiger partial charge >= 0.3 is 0 Å². The van der Waals surface area contributed by atoms with Gasteiger partial charge in [0.25, 0.3) is 0 Å². The van der Waals surface area contributed by atoms with E-state index in [2.05, 4.69) is 206 Å². The normalized spacial score (nSPS) is 11.9. The van der Waals surface area contributed by atoms with Crippen molar-refractivity contribution in [3.8, 4) is 44.6 Å². The Kier molecular flexibility index (Phi) is 7.64. The van der Waals surface area contributed by atoms with Crippen LogP contribution < -0.4 is 0 Å². The highest BCUT2D eigenvalue weighted by molar-refractivity contribution is 6.31. The van der Waals surface area contributed by atoms with E-state index in [4.69, 9.17) is 9.97 Å². The van der Waals surface area contributed by atoms with Crippen LogP contribution in [0.1, 0.15) is 0 Å². The van der Waals surface area contributed by atoms with Gasteiger partial charge in [0.05, 0.1) is 16.7 Å². The van der Waals surface area contributed by atoms with E-state index < -0.39 is 0 Å². The summed E-state index contributed by atoms with van der Waals surface area (Å²) in [5, 5.41) is 17.0. The monoisotopic (exact) mass is 784 g/mol. The second-order valence-corrected chi connectivity index (χ2v) is 16.3. The Bertz CT molecular complexity index is 3870. The van der Waals surface area contributed by atoms with Crippen LogP contribution in [-0.2, 0) is 0 Å². The highest BCUT2D eigenvalue weighted by atomic mass is 14.8. The zero-order valence-corrected chi connectivity index (χ0v) is 33.7. The van der Waals surface area contributed by atoms with Gasteiger partial charge in [-0.25, -0.2) is 4.98 Å². The summed E-state index contributed by atoms with van der Waals surface area (Å²) in [6.45, 7) is 0. The van der Waals surface area contributed by atoms with Crippen molar-refractivity contribution in [1.82, 2.24) is 9.97 Å². The molecule has 2 nitrogen and oxygen atoms in total. The topological polar surface area (TPSA) is 25.8 Å². The van der Waals surface area contributed by atoms with Crippen molar-refractivity contribution in [3.05, 3.63) is 219 Å². The molecule has 13 rings (SSSR count). The minimum atomic E-state index is 0.923. The van der Waals surface area contributed by atoms with Gasteiger partial charge in [-0.2, -0.15) is 0 Å². The molecule has 0 radical (unpaired) electrons. The SMILES string of the molecule is c1ccc2c(-c3c4ccccc4c(-c4c5ccccc5c(-c5ccc(-c6ccc7ccc8cccnc8c7n6)c6ccccc56)c5ccccc45)c4ccccc34)cccc2c1. The molecule has 286 valence electrons. The van der Waals surface area contributed by atoms with E-state index in [0.29, 0.717) is 0 Å². The molecular weight excluding hydrogens is 749 g/mol. The lowest BCUT2D eigenvalue weighted by atomic mass is 9.80. The van der Waals surface area contributed by atoms with Crippen LogP contribution in [0.25, 0.3) is 131 Å². The van der Waals surface area contributed by atoms with Crippen molar-refractivity contribution in [2.45, 2.75) is 0 Å². The predicted octanol–water partition coefficient (Wildman–Crippen LogP) is 16.4. The first kappa shape index (κ1) is 34.6. The maximum absolute atomic E-state index is 5.30. The Labute approximate surface area is 358 Å². The van der Waals surface area contributed by atoms with Gasteiger partial charge in [0.2, 0.25) is 0 Å². The molecule has 0 aliphatic heterocycles. The highest BCUT2D eigenvalue weighted by Gasteiger charge is 2.24. The first-order valence-electron chi connectivity index (χ1n) is 21.3. The number of hydrogen-bond acceptors (Lipinski definition) is 2. The number of aromatic nitrogens is 2. The van der Waals surface area contributed by atoms with Crippen LogP contribution in [0.5, 0.6) is 0 Å². The van der Waals surface area contributed by atoms with Crippen molar-refractivity contribution in [3.63, 3.8) is 0 Å². The van der Waals surface area contributed by atoms with Crippen LogP contribution in [0.2, 0.25) is 0 Å². The molecule has 0 aliphatic rings. The van der Waals surface area contributed by atoms with E-state index in [1.165, 1.54) is 98.0 Å². The number of fused-ring (bicyclic) bond motifs is 9. The fourth-order valence-corrected chi connectivity index (χ4v) is 10.4. The maximum Gasteiger partial charge on any atom is 0.0972 e. The van der Waals surface area contributed by atoms with E-state index in [-0.39, 0.29) is 0 Å². The third-order valence-corrected chi connectivity index (χ3v) is 13.1. The fourth-order valence-electron chi connectivity index (χ4n) is 10.4. The van der Waals surface area contributed by atoms with E-state index in [1.54, 1.807) is 0 Å². The second-order valence-electron chi connectivity index (χ2n) is 16.3. The van der Waals surface area contributed by atoms with Crippen LogP contribution in [0.4, 0.5) is 0 Å². The predicted molar refractivity (Wildman–Crippen MR) is 264 cm³/mol. The van der Waals surface area contributed by atoms with Crippen LogP contribution >= 0.6 is 0 Å². The zero-order chi connectivity index (χ0) is 40.7. The van der Waals surface area contributed by atoms with Gasteiger partial charge in [-0.1, -0.05) is 200 Å². The van der Waals surface area contributed by atoms with Crippen LogP contribution in [0.15, 0.2) is 219 Å². The number of hydrogen-bond donors (Lipinski definition) is 0. The van der Waals surface area contributed by atoms with Gasteiger partial charge < -0.3 is 0 Å². The van der Waals surface area contributed by atoms with Crippen molar-refractivity contribution < 1.29 is 0 Å². The Hall–Kier alpha value is -8.20. The van der Waals surface area contributed by atoms with Crippen molar-refractivity contribution in [2.75, 3.05) is 0 Å². The maximum atomic E-state index is 5.30. The van der Waals surface area contributed by atoms with Gasteiger partial charge in [-0.3, -0.25) is 4.98 Å². The van der Waals surface area contributed by atoms with Crippen molar-refractivity contribution >= 4 is 86.4 Å². The average Bonchev–Trinajstić information content (AvgIpc) is 3.34. The molecule has 2 heterocycles. The molecule has 0 bridgehead atoms. The highest BCUT2D eigenvalue weighted by Crippen LogP contribution is 2.51. The molecule has 2 heteroatoms. The third kappa shape index (κ3) is 5.11. The number of pyridine rings is 2. The Morgan fingerprint density at radius 1 is 0.226 bits per heavy atom. The summed E-state index contributed by atoms with van der Waals surface area (Å²) in [5.74, 6) is 0. The molecule has 11 aromatic carbocycles. The summed E-state index contributed by atoms with van der Waals surface area (Å²) in [7, 11) is 0. The Morgan fingerprint density at radius 3 is 1.18 bits per heavy atom. The molecule has 13 aromatic rings. The third-order valence-electron chi connectivity index (χ3n) is 13.1. The van der Waals surface area contributed by atoms with Gasteiger partial charge in [0.1, 0.15) is 0 Å². The molecule has 62 heavy (non-hydrogen) atoms. The van der Waals surface area contributed by atoms with E-state index in [9.17, 15) is 0 Å². The average molecular weight is 785 g/mol. The molecule has 0 unspecified atom stereocenters. The fraction of sp³-hybridized carbons (Fsp3) is 0. The minimum Gasteiger partial charge on any atom is -0.254 e. The standard InChI is InChI=1S/C60H36N2/c1-2-18-40-37(15-1)16-13-29-44(40)55-45-21-5-9-25-49(45)57(50-26-10-6-22-46(50)55)58-51-27-11-7-23-47(51)56(48-24-8-12-28-52(48)58)53-34-33-43(41-19-3-4-20-42(41)53)54-35-32-39-31-30-38-17-14-36-61-59(38)60(39)62-54/h1-36H. The summed E-state index contributed by atoms with van der Waals surface area (Å²) in [4.78, 5) is 10.0. The first-order chi connectivity index (χ1) is 30.8. The summed E-state index contributed by atoms with van der Waals surface area (Å²) < 4.78 is 0. The quantitative estimate of drug-likeness (QED) is 0.131.